The van der Waals surface area contributed by atoms with Crippen LogP contribution in [0.25, 0.3) is 16.8 Å². The van der Waals surface area contributed by atoms with Gasteiger partial charge in [0.25, 0.3) is 0 Å². The second-order valence-corrected chi connectivity index (χ2v) is 3.81. The highest BCUT2D eigenvalue weighted by Gasteiger charge is 2.04. The minimum Gasteiger partial charge on any atom is -0.497 e. The zero-order valence-electron chi connectivity index (χ0n) is 9.73. The fourth-order valence-corrected chi connectivity index (χ4v) is 1.92. The third kappa shape index (κ3) is 2.14. The summed E-state index contributed by atoms with van der Waals surface area (Å²) in [6.07, 6.45) is 2.19. The van der Waals surface area contributed by atoms with Crippen molar-refractivity contribution in [3.05, 3.63) is 48.0 Å². The molecule has 0 heterocycles. The lowest BCUT2D eigenvalue weighted by Gasteiger charge is -2.08. The predicted octanol–water partition coefficient (Wildman–Crippen LogP) is 3.56. The van der Waals surface area contributed by atoms with Gasteiger partial charge in [0.2, 0.25) is 0 Å². The van der Waals surface area contributed by atoms with Gasteiger partial charge < -0.3 is 4.74 Å². The number of methoxy groups -OCH3 is 1. The summed E-state index contributed by atoms with van der Waals surface area (Å²) in [6, 6.07) is 12.1. The van der Waals surface area contributed by atoms with E-state index in [1.165, 1.54) is 0 Å². The lowest BCUT2D eigenvalue weighted by Crippen LogP contribution is -1.89. The van der Waals surface area contributed by atoms with Crippen LogP contribution in [0, 0.1) is 11.3 Å². The molecule has 0 bridgehead atoms. The number of ether oxygens (including phenoxy) is 1. The van der Waals surface area contributed by atoms with Crippen LogP contribution in [0.2, 0.25) is 0 Å². The maximum atomic E-state index is 8.86. The summed E-state index contributed by atoms with van der Waals surface area (Å²) in [5.41, 5.74) is 2.05. The van der Waals surface area contributed by atoms with Gasteiger partial charge in [-0.1, -0.05) is 24.8 Å². The Bertz CT molecular complexity index is 608. The van der Waals surface area contributed by atoms with Gasteiger partial charge >= 0.3 is 0 Å². The van der Waals surface area contributed by atoms with Gasteiger partial charge in [0.1, 0.15) is 5.75 Å². The molecule has 17 heavy (non-hydrogen) atoms. The lowest BCUT2D eigenvalue weighted by molar-refractivity contribution is 0.415. The molecule has 0 spiro atoms. The van der Waals surface area contributed by atoms with Crippen molar-refractivity contribution in [2.75, 3.05) is 7.11 Å². The van der Waals surface area contributed by atoms with Crippen LogP contribution in [-0.2, 0) is 6.42 Å². The zero-order chi connectivity index (χ0) is 12.3. The van der Waals surface area contributed by atoms with Crippen molar-refractivity contribution in [1.82, 2.24) is 0 Å². The van der Waals surface area contributed by atoms with E-state index in [2.05, 4.69) is 18.7 Å². The number of hydrogen-bond donors (Lipinski definition) is 0. The van der Waals surface area contributed by atoms with Gasteiger partial charge in [-0.3, -0.25) is 0 Å². The first-order valence-corrected chi connectivity index (χ1v) is 5.38. The van der Waals surface area contributed by atoms with E-state index >= 15 is 0 Å². The Labute approximate surface area is 101 Å². The van der Waals surface area contributed by atoms with Crippen molar-refractivity contribution in [3.63, 3.8) is 0 Å². The number of nitrogens with zero attached hydrogens (tertiary/aromatic N) is 1. The first-order valence-electron chi connectivity index (χ1n) is 5.38. The molecule has 0 aliphatic carbocycles. The monoisotopic (exact) mass is 223 g/mol. The average molecular weight is 223 g/mol. The molecule has 2 nitrogen and oxygen atoms in total. The summed E-state index contributed by atoms with van der Waals surface area (Å²) in [6.45, 7) is 3.77. The smallest absolute Gasteiger partial charge is 0.119 e. The maximum absolute atomic E-state index is 8.86. The van der Waals surface area contributed by atoms with Crippen LogP contribution in [0.3, 0.4) is 0 Å². The molecule has 2 aromatic carbocycles. The summed E-state index contributed by atoms with van der Waals surface area (Å²) >= 11 is 0. The summed E-state index contributed by atoms with van der Waals surface area (Å²) in [7, 11) is 1.64. The standard InChI is InChI=1S/C15H13NO/c1-3-11-8-12-4-5-14(17-2)10-15(12)13(9-11)6-7-16/h3-5,8-10H,1,6H2,2H3. The van der Waals surface area contributed by atoms with Crippen molar-refractivity contribution >= 4 is 16.8 Å². The van der Waals surface area contributed by atoms with E-state index in [4.69, 9.17) is 10.00 Å². The minimum atomic E-state index is 0.394. The molecule has 0 aliphatic rings. The first-order chi connectivity index (χ1) is 8.28. The molecule has 0 saturated carbocycles. The highest BCUT2D eigenvalue weighted by atomic mass is 16.5. The molecule has 2 aromatic rings. The quantitative estimate of drug-likeness (QED) is 0.797. The summed E-state index contributed by atoms with van der Waals surface area (Å²) < 4.78 is 5.21. The van der Waals surface area contributed by atoms with E-state index in [0.717, 1.165) is 27.6 Å². The number of rotatable bonds is 3. The fourth-order valence-electron chi connectivity index (χ4n) is 1.92. The maximum Gasteiger partial charge on any atom is 0.119 e. The van der Waals surface area contributed by atoms with E-state index in [-0.39, 0.29) is 0 Å². The molecule has 0 unspecified atom stereocenters. The Morgan fingerprint density at radius 2 is 2.18 bits per heavy atom. The van der Waals surface area contributed by atoms with Gasteiger partial charge in [-0.05, 0) is 40.1 Å². The van der Waals surface area contributed by atoms with Crippen LogP contribution < -0.4 is 4.74 Å². The first kappa shape index (κ1) is 11.2. The minimum absolute atomic E-state index is 0.394. The Balaban J connectivity index is 2.72. The molecule has 0 aromatic heterocycles. The summed E-state index contributed by atoms with van der Waals surface area (Å²) in [5.74, 6) is 0.808. The molecule has 0 radical (unpaired) electrons. The molecule has 0 N–H and O–H groups in total. The zero-order valence-corrected chi connectivity index (χ0v) is 9.73. The van der Waals surface area contributed by atoms with Crippen molar-refractivity contribution < 1.29 is 4.74 Å². The van der Waals surface area contributed by atoms with Crippen molar-refractivity contribution in [2.45, 2.75) is 6.42 Å². The molecule has 2 rings (SSSR count). The molecule has 0 atom stereocenters. The molecule has 0 aliphatic heterocycles. The van der Waals surface area contributed by atoms with Crippen LogP contribution in [0.15, 0.2) is 36.9 Å². The van der Waals surface area contributed by atoms with Gasteiger partial charge in [-0.25, -0.2) is 0 Å². The second-order valence-electron chi connectivity index (χ2n) is 3.81. The van der Waals surface area contributed by atoms with E-state index in [0.29, 0.717) is 6.42 Å². The molecule has 2 heteroatoms. The Hall–Kier alpha value is -2.27. The summed E-state index contributed by atoms with van der Waals surface area (Å²) in [4.78, 5) is 0. The van der Waals surface area contributed by atoms with E-state index in [9.17, 15) is 0 Å². The summed E-state index contributed by atoms with van der Waals surface area (Å²) in [5, 5.41) is 11.0. The normalized spacial score (nSPS) is 9.88. The topological polar surface area (TPSA) is 33.0 Å². The largest absolute Gasteiger partial charge is 0.497 e. The van der Waals surface area contributed by atoms with Gasteiger partial charge in [0.15, 0.2) is 0 Å². The molecule has 0 fully saturated rings. The van der Waals surface area contributed by atoms with Gasteiger partial charge in [-0.2, -0.15) is 5.26 Å². The van der Waals surface area contributed by atoms with Gasteiger partial charge in [-0.15, -0.1) is 0 Å². The van der Waals surface area contributed by atoms with Gasteiger partial charge in [0.05, 0.1) is 19.6 Å². The molecular weight excluding hydrogens is 210 g/mol. The van der Waals surface area contributed by atoms with Gasteiger partial charge in [0, 0.05) is 0 Å². The predicted molar refractivity (Wildman–Crippen MR) is 69.9 cm³/mol. The van der Waals surface area contributed by atoms with E-state index in [1.54, 1.807) is 13.2 Å². The number of nitriles is 1. The molecule has 0 saturated heterocycles. The average Bonchev–Trinajstić information content (AvgIpc) is 2.38. The fraction of sp³-hybridized carbons (Fsp3) is 0.133. The SMILES string of the molecule is C=Cc1cc(CC#N)c2cc(OC)ccc2c1. The third-order valence-electron chi connectivity index (χ3n) is 2.77. The Morgan fingerprint density at radius 1 is 1.35 bits per heavy atom. The van der Waals surface area contributed by atoms with Crippen molar-refractivity contribution in [3.8, 4) is 11.8 Å². The van der Waals surface area contributed by atoms with Crippen molar-refractivity contribution in [1.29, 1.82) is 5.26 Å². The Morgan fingerprint density at radius 3 is 2.82 bits per heavy atom. The van der Waals surface area contributed by atoms with Crippen LogP contribution in [-0.4, -0.2) is 7.11 Å². The third-order valence-corrected chi connectivity index (χ3v) is 2.77. The Kier molecular flexibility index (Phi) is 3.11. The highest BCUT2D eigenvalue weighted by Crippen LogP contribution is 2.26. The molecular formula is C15H13NO. The van der Waals surface area contributed by atoms with Crippen LogP contribution in [0.5, 0.6) is 5.75 Å². The number of benzene rings is 2. The number of hydrogen-bond acceptors (Lipinski definition) is 2. The lowest BCUT2D eigenvalue weighted by atomic mass is 9.99. The van der Waals surface area contributed by atoms with Crippen LogP contribution in [0.1, 0.15) is 11.1 Å². The van der Waals surface area contributed by atoms with E-state index in [1.807, 2.05) is 24.3 Å². The molecule has 84 valence electrons. The highest BCUT2D eigenvalue weighted by molar-refractivity contribution is 5.89. The second kappa shape index (κ2) is 4.71. The molecule has 0 amide bonds. The van der Waals surface area contributed by atoms with E-state index < -0.39 is 0 Å². The van der Waals surface area contributed by atoms with Crippen LogP contribution >= 0.6 is 0 Å². The van der Waals surface area contributed by atoms with Crippen molar-refractivity contribution in [2.24, 2.45) is 0 Å². The number of fused-ring (bicyclic) bond motifs is 1. The van der Waals surface area contributed by atoms with Crippen LogP contribution in [0.4, 0.5) is 0 Å².